The second-order valence-corrected chi connectivity index (χ2v) is 9.90. The van der Waals surface area contributed by atoms with E-state index in [1.165, 1.54) is 16.2 Å². The van der Waals surface area contributed by atoms with Crippen LogP contribution in [-0.4, -0.2) is 40.5 Å². The lowest BCUT2D eigenvalue weighted by Crippen LogP contribution is -2.51. The average Bonchev–Trinajstić information content (AvgIpc) is 3.35. The molecule has 0 unspecified atom stereocenters. The monoisotopic (exact) mass is 468 g/mol. The molecule has 5 N–H and O–H groups in total. The summed E-state index contributed by atoms with van der Waals surface area (Å²) in [6.07, 6.45) is 9.52. The number of carboxylic acids is 1. The van der Waals surface area contributed by atoms with E-state index < -0.39 is 5.97 Å². The Labute approximate surface area is 190 Å². The van der Waals surface area contributed by atoms with Gasteiger partial charge in [0, 0.05) is 17.3 Å². The van der Waals surface area contributed by atoms with Crippen LogP contribution < -0.4 is 16.6 Å². The van der Waals surface area contributed by atoms with Crippen LogP contribution in [0.15, 0.2) is 4.79 Å². The number of halogens is 1. The summed E-state index contributed by atoms with van der Waals surface area (Å²) in [6.45, 7) is 0.802. The molecule has 2 aromatic rings. The number of amides is 1. The molecule has 0 spiro atoms. The molecule has 4 aliphatic rings. The number of hydrogen-bond acceptors (Lipinski definition) is 6. The van der Waals surface area contributed by atoms with Crippen LogP contribution in [-0.2, 0) is 17.6 Å². The van der Waals surface area contributed by atoms with Crippen molar-refractivity contribution in [2.75, 3.05) is 13.6 Å². The molecule has 170 valence electrons. The van der Waals surface area contributed by atoms with Gasteiger partial charge in [-0.25, -0.2) is 9.78 Å². The Bertz CT molecular complexity index is 1040. The molecule has 2 aromatic heterocycles. The van der Waals surface area contributed by atoms with Gasteiger partial charge in [-0.15, -0.1) is 23.7 Å². The first-order valence-corrected chi connectivity index (χ1v) is 11.3. The van der Waals surface area contributed by atoms with Crippen molar-refractivity contribution in [2.24, 2.45) is 16.6 Å². The molecule has 0 atom stereocenters. The van der Waals surface area contributed by atoms with Gasteiger partial charge in [-0.1, -0.05) is 0 Å². The number of aromatic amines is 1. The van der Waals surface area contributed by atoms with Crippen LogP contribution in [0.3, 0.4) is 0 Å². The second kappa shape index (κ2) is 8.88. The first-order chi connectivity index (χ1) is 14.3. The molecule has 8 nitrogen and oxygen atoms in total. The molecule has 2 heterocycles. The highest BCUT2D eigenvalue weighted by molar-refractivity contribution is 7.18. The molecule has 0 aromatic carbocycles. The van der Waals surface area contributed by atoms with Gasteiger partial charge in [-0.05, 0) is 75.3 Å². The van der Waals surface area contributed by atoms with Gasteiger partial charge in [0.15, 0.2) is 0 Å². The number of H-pyrrole nitrogens is 1. The molecule has 0 aliphatic heterocycles. The maximum atomic E-state index is 11.8. The quantitative estimate of drug-likeness (QED) is 0.546. The average molecular weight is 469 g/mol. The minimum atomic E-state index is -1.20. The predicted octanol–water partition coefficient (Wildman–Crippen LogP) is 2.62. The van der Waals surface area contributed by atoms with E-state index in [2.05, 4.69) is 15.3 Å². The van der Waals surface area contributed by atoms with Crippen LogP contribution in [0.5, 0.6) is 0 Å². The first kappa shape index (κ1) is 23.7. The maximum absolute atomic E-state index is 11.8. The topological polar surface area (TPSA) is 138 Å². The highest BCUT2D eigenvalue weighted by atomic mass is 35.5. The summed E-state index contributed by atoms with van der Waals surface area (Å²) in [6, 6.07) is 0. The lowest BCUT2D eigenvalue weighted by atomic mass is 9.53. The third-order valence-corrected chi connectivity index (χ3v) is 8.51. The molecule has 3 saturated carbocycles. The Balaban J connectivity index is 0.000000172. The van der Waals surface area contributed by atoms with Crippen molar-refractivity contribution >= 4 is 45.8 Å². The predicted molar refractivity (Wildman–Crippen MR) is 122 cm³/mol. The van der Waals surface area contributed by atoms with Crippen molar-refractivity contribution in [3.05, 3.63) is 26.6 Å². The number of nitrogens with two attached hydrogens (primary N) is 1. The molecular weight excluding hydrogens is 440 g/mol. The van der Waals surface area contributed by atoms with Crippen LogP contribution in [0.25, 0.3) is 10.2 Å². The number of nitrogens with zero attached hydrogens (tertiary/aromatic N) is 1. The normalized spacial score (nSPS) is 25.9. The molecule has 0 saturated heterocycles. The summed E-state index contributed by atoms with van der Waals surface area (Å²) in [5.41, 5.74) is 6.90. The minimum Gasteiger partial charge on any atom is -0.475 e. The second-order valence-electron chi connectivity index (χ2n) is 8.82. The van der Waals surface area contributed by atoms with Gasteiger partial charge in [0.1, 0.15) is 4.83 Å². The number of nitrogens with one attached hydrogen (secondary N) is 2. The number of carboxylic acid groups (broad SMARTS) is 1. The van der Waals surface area contributed by atoms with E-state index in [1.807, 2.05) is 0 Å². The minimum absolute atomic E-state index is 0. The lowest BCUT2D eigenvalue weighted by molar-refractivity contribution is -0.139. The summed E-state index contributed by atoms with van der Waals surface area (Å²) in [5, 5.41) is 12.2. The SMILES string of the molecule is CNC(=O)C12CCC(CN)(CC1)CC2.Cl.O=C(O)c1nc2sc3c(c2c(=O)[nH]1)CCC3. The molecule has 6 rings (SSSR count). The molecule has 3 fully saturated rings. The van der Waals surface area contributed by atoms with Crippen LogP contribution in [0, 0.1) is 10.8 Å². The van der Waals surface area contributed by atoms with E-state index in [-0.39, 0.29) is 35.1 Å². The van der Waals surface area contributed by atoms with E-state index >= 15 is 0 Å². The van der Waals surface area contributed by atoms with E-state index in [0.717, 1.165) is 69.9 Å². The summed E-state index contributed by atoms with van der Waals surface area (Å²) >= 11 is 1.44. The van der Waals surface area contributed by atoms with Crippen molar-refractivity contribution in [3.63, 3.8) is 0 Å². The van der Waals surface area contributed by atoms with E-state index in [9.17, 15) is 14.4 Å². The number of aromatic nitrogens is 2. The van der Waals surface area contributed by atoms with Gasteiger partial charge in [0.25, 0.3) is 5.56 Å². The van der Waals surface area contributed by atoms with Crippen LogP contribution in [0.1, 0.15) is 66.0 Å². The third-order valence-electron chi connectivity index (χ3n) is 7.32. The molecule has 4 aliphatic carbocycles. The Morgan fingerprint density at radius 1 is 1.19 bits per heavy atom. The van der Waals surface area contributed by atoms with Crippen LogP contribution in [0.4, 0.5) is 0 Å². The Kier molecular flexibility index (Phi) is 6.78. The summed E-state index contributed by atoms with van der Waals surface area (Å²) in [5.74, 6) is -1.23. The fourth-order valence-electron chi connectivity index (χ4n) is 5.28. The molecule has 2 bridgehead atoms. The Morgan fingerprint density at radius 3 is 2.39 bits per heavy atom. The van der Waals surface area contributed by atoms with Crippen molar-refractivity contribution in [1.29, 1.82) is 0 Å². The van der Waals surface area contributed by atoms with Crippen molar-refractivity contribution in [3.8, 4) is 0 Å². The van der Waals surface area contributed by atoms with Crippen molar-refractivity contribution in [1.82, 2.24) is 15.3 Å². The summed E-state index contributed by atoms with van der Waals surface area (Å²) in [7, 11) is 1.75. The number of rotatable bonds is 3. The zero-order valence-corrected chi connectivity index (χ0v) is 19.2. The van der Waals surface area contributed by atoms with Crippen molar-refractivity contribution < 1.29 is 14.7 Å². The fourth-order valence-corrected chi connectivity index (χ4v) is 6.54. The zero-order valence-electron chi connectivity index (χ0n) is 17.6. The summed E-state index contributed by atoms with van der Waals surface area (Å²) in [4.78, 5) is 42.3. The van der Waals surface area contributed by atoms with Gasteiger partial charge in [0.2, 0.25) is 11.7 Å². The van der Waals surface area contributed by atoms with E-state index in [1.54, 1.807) is 7.05 Å². The number of hydrogen-bond donors (Lipinski definition) is 4. The van der Waals surface area contributed by atoms with Gasteiger partial charge < -0.3 is 21.1 Å². The third kappa shape index (κ3) is 4.10. The van der Waals surface area contributed by atoms with Gasteiger partial charge in [0.05, 0.1) is 5.39 Å². The highest BCUT2D eigenvalue weighted by Crippen LogP contribution is 2.56. The number of carbonyl (C=O) groups excluding carboxylic acids is 1. The Morgan fingerprint density at radius 2 is 1.84 bits per heavy atom. The number of carbonyl (C=O) groups is 2. The van der Waals surface area contributed by atoms with Crippen LogP contribution >= 0.6 is 23.7 Å². The molecule has 31 heavy (non-hydrogen) atoms. The lowest BCUT2D eigenvalue weighted by Gasteiger charge is -2.52. The van der Waals surface area contributed by atoms with Gasteiger partial charge in [-0.3, -0.25) is 9.59 Å². The van der Waals surface area contributed by atoms with Gasteiger partial charge >= 0.3 is 5.97 Å². The van der Waals surface area contributed by atoms with Crippen LogP contribution in [0.2, 0.25) is 0 Å². The number of aryl methyl sites for hydroxylation is 2. The number of fused-ring (bicyclic) bond motifs is 6. The summed E-state index contributed by atoms with van der Waals surface area (Å²) < 4.78 is 0. The van der Waals surface area contributed by atoms with Crippen molar-refractivity contribution in [2.45, 2.75) is 57.8 Å². The molecule has 1 amide bonds. The first-order valence-electron chi connectivity index (χ1n) is 10.5. The Hall–Kier alpha value is -1.97. The number of thiophene rings is 1. The van der Waals surface area contributed by atoms with Gasteiger partial charge in [-0.2, -0.15) is 0 Å². The smallest absolute Gasteiger partial charge is 0.372 e. The zero-order chi connectivity index (χ0) is 21.5. The standard InChI is InChI=1S/C11H20N2O.C10H8N2O3S.ClH/c1-13-9(14)11-5-2-10(8-12,3-6-11)4-7-11;13-8-6-4-2-1-3-5(4)16-9(6)12-7(11-8)10(14)15;/h2-8,12H2,1H3,(H,13,14);1-3H2,(H,14,15)(H,11,12,13);1H. The molecular formula is C21H29ClN4O4S. The largest absolute Gasteiger partial charge is 0.475 e. The number of aromatic carboxylic acids is 1. The molecule has 10 heteroatoms. The van der Waals surface area contributed by atoms with E-state index in [0.29, 0.717) is 15.6 Å². The fraction of sp³-hybridized carbons (Fsp3) is 0.619. The highest BCUT2D eigenvalue weighted by Gasteiger charge is 2.51. The molecule has 0 radical (unpaired) electrons. The maximum Gasteiger partial charge on any atom is 0.372 e. The van der Waals surface area contributed by atoms with E-state index in [4.69, 9.17) is 10.8 Å².